The standard InChI is InChI=1S/C24H28N4O3S/c1-24(12-9-16-5-3-2-4-6-16)22(30)28(23(31)25-24)26-20(29)15-27-13-10-19-18(11-14-32-19)21(27)17-7-8-17/h2-6,11,14,17,21H,7-10,12-13,15H2,1H3,(H,25,31)(H,26,29)/t21-,24+/m1/s1. The molecule has 32 heavy (non-hydrogen) atoms. The van der Waals surface area contributed by atoms with Crippen LogP contribution in [0.2, 0.25) is 0 Å². The lowest BCUT2D eigenvalue weighted by molar-refractivity contribution is -0.139. The Bertz CT molecular complexity index is 1030. The third-order valence-corrected chi connectivity index (χ3v) is 7.78. The summed E-state index contributed by atoms with van der Waals surface area (Å²) in [5.41, 5.74) is 3.98. The van der Waals surface area contributed by atoms with Gasteiger partial charge in [0, 0.05) is 17.5 Å². The molecule has 0 radical (unpaired) electrons. The number of carbonyl (C=O) groups excluding carboxylic acids is 3. The van der Waals surface area contributed by atoms with Gasteiger partial charge in [0.2, 0.25) is 0 Å². The fourth-order valence-electron chi connectivity index (χ4n) is 4.88. The van der Waals surface area contributed by atoms with E-state index in [9.17, 15) is 14.4 Å². The van der Waals surface area contributed by atoms with Crippen molar-refractivity contribution in [3.63, 3.8) is 0 Å². The fraction of sp³-hybridized carbons (Fsp3) is 0.458. The third kappa shape index (κ3) is 4.04. The Morgan fingerprint density at radius 2 is 2.00 bits per heavy atom. The Kier molecular flexibility index (Phi) is 5.51. The summed E-state index contributed by atoms with van der Waals surface area (Å²) in [6.07, 6.45) is 4.43. The van der Waals surface area contributed by atoms with E-state index in [1.54, 1.807) is 18.3 Å². The lowest BCUT2D eigenvalue weighted by Crippen LogP contribution is -2.52. The maximum absolute atomic E-state index is 13.0. The number of nitrogens with zero attached hydrogens (tertiary/aromatic N) is 2. The minimum Gasteiger partial charge on any atom is -0.322 e. The minimum absolute atomic E-state index is 0.175. The molecule has 3 aliphatic rings. The first-order chi connectivity index (χ1) is 15.4. The zero-order valence-electron chi connectivity index (χ0n) is 18.2. The van der Waals surface area contributed by atoms with Crippen molar-refractivity contribution in [2.75, 3.05) is 13.1 Å². The Morgan fingerprint density at radius 3 is 2.75 bits per heavy atom. The van der Waals surface area contributed by atoms with Crippen LogP contribution >= 0.6 is 11.3 Å². The van der Waals surface area contributed by atoms with Crippen LogP contribution in [0, 0.1) is 5.92 Å². The first kappa shape index (κ1) is 21.2. The van der Waals surface area contributed by atoms with Crippen molar-refractivity contribution < 1.29 is 14.4 Å². The van der Waals surface area contributed by atoms with Gasteiger partial charge in [-0.1, -0.05) is 30.3 Å². The Balaban J connectivity index is 1.21. The highest BCUT2D eigenvalue weighted by molar-refractivity contribution is 7.10. The summed E-state index contributed by atoms with van der Waals surface area (Å²) in [6, 6.07) is 11.7. The summed E-state index contributed by atoms with van der Waals surface area (Å²) in [5.74, 6) is -0.149. The van der Waals surface area contributed by atoms with Crippen LogP contribution in [-0.4, -0.2) is 46.4 Å². The second-order valence-electron chi connectivity index (χ2n) is 9.23. The van der Waals surface area contributed by atoms with E-state index >= 15 is 0 Å². The van der Waals surface area contributed by atoms with E-state index in [1.807, 2.05) is 30.3 Å². The van der Waals surface area contributed by atoms with Crippen LogP contribution < -0.4 is 10.7 Å². The average Bonchev–Trinajstić information content (AvgIpc) is 3.47. The van der Waals surface area contributed by atoms with Gasteiger partial charge < -0.3 is 5.32 Å². The van der Waals surface area contributed by atoms with Crippen LogP contribution in [-0.2, 0) is 22.4 Å². The summed E-state index contributed by atoms with van der Waals surface area (Å²) >= 11 is 1.79. The molecule has 5 rings (SSSR count). The van der Waals surface area contributed by atoms with Crippen LogP contribution in [0.15, 0.2) is 41.8 Å². The summed E-state index contributed by atoms with van der Waals surface area (Å²) in [5, 5.41) is 5.76. The zero-order valence-corrected chi connectivity index (χ0v) is 19.0. The first-order valence-electron chi connectivity index (χ1n) is 11.2. The monoisotopic (exact) mass is 452 g/mol. The molecule has 0 unspecified atom stereocenters. The second-order valence-corrected chi connectivity index (χ2v) is 10.2. The molecule has 1 aromatic carbocycles. The number of urea groups is 1. The molecule has 2 aliphatic heterocycles. The summed E-state index contributed by atoms with van der Waals surface area (Å²) in [7, 11) is 0. The lowest BCUT2D eigenvalue weighted by atomic mass is 9.93. The summed E-state index contributed by atoms with van der Waals surface area (Å²) in [4.78, 5) is 42.0. The van der Waals surface area contributed by atoms with Crippen molar-refractivity contribution in [2.45, 2.75) is 50.6 Å². The predicted octanol–water partition coefficient (Wildman–Crippen LogP) is 3.03. The number of benzene rings is 1. The van der Waals surface area contributed by atoms with E-state index in [-0.39, 0.29) is 18.5 Å². The zero-order chi connectivity index (χ0) is 22.3. The molecule has 1 saturated heterocycles. The number of hydrogen-bond acceptors (Lipinski definition) is 5. The molecule has 0 bridgehead atoms. The smallest absolute Gasteiger partial charge is 0.322 e. The maximum Gasteiger partial charge on any atom is 0.344 e. The topological polar surface area (TPSA) is 81.8 Å². The molecule has 7 nitrogen and oxygen atoms in total. The average molecular weight is 453 g/mol. The van der Waals surface area contributed by atoms with E-state index in [4.69, 9.17) is 0 Å². The molecule has 2 aromatic rings. The Hall–Kier alpha value is -2.71. The van der Waals surface area contributed by atoms with Gasteiger partial charge in [0.25, 0.3) is 11.8 Å². The van der Waals surface area contributed by atoms with E-state index in [0.29, 0.717) is 18.8 Å². The van der Waals surface area contributed by atoms with Crippen molar-refractivity contribution in [1.29, 1.82) is 0 Å². The number of hydrogen-bond donors (Lipinski definition) is 2. The molecule has 4 amide bonds. The molecule has 8 heteroatoms. The van der Waals surface area contributed by atoms with Gasteiger partial charge in [0.15, 0.2) is 0 Å². The summed E-state index contributed by atoms with van der Waals surface area (Å²) < 4.78 is 0. The number of nitrogens with one attached hydrogen (secondary N) is 2. The fourth-order valence-corrected chi connectivity index (χ4v) is 5.79. The van der Waals surface area contributed by atoms with Gasteiger partial charge in [-0.15, -0.1) is 11.3 Å². The molecule has 2 fully saturated rings. The molecular formula is C24H28N4O3S. The second kappa shape index (κ2) is 8.33. The van der Waals surface area contributed by atoms with Crippen molar-refractivity contribution in [1.82, 2.24) is 20.7 Å². The lowest BCUT2D eigenvalue weighted by Gasteiger charge is -2.35. The molecule has 3 heterocycles. The molecule has 1 aromatic heterocycles. The third-order valence-electron chi connectivity index (χ3n) is 6.79. The highest BCUT2D eigenvalue weighted by atomic mass is 32.1. The number of thiophene rings is 1. The van der Waals surface area contributed by atoms with Gasteiger partial charge in [-0.3, -0.25) is 19.9 Å². The number of rotatable bonds is 7. The van der Waals surface area contributed by atoms with Gasteiger partial charge in [0.05, 0.1) is 6.54 Å². The van der Waals surface area contributed by atoms with Crippen LogP contribution in [0.25, 0.3) is 0 Å². The molecule has 2 N–H and O–H groups in total. The molecule has 168 valence electrons. The molecule has 0 spiro atoms. The van der Waals surface area contributed by atoms with Crippen LogP contribution in [0.4, 0.5) is 4.79 Å². The minimum atomic E-state index is -1.03. The largest absolute Gasteiger partial charge is 0.344 e. The van der Waals surface area contributed by atoms with Gasteiger partial charge in [-0.05, 0) is 67.5 Å². The van der Waals surface area contributed by atoms with Crippen molar-refractivity contribution in [3.8, 4) is 0 Å². The molecule has 2 atom stereocenters. The number of imide groups is 1. The number of carbonyl (C=O) groups is 3. The van der Waals surface area contributed by atoms with E-state index < -0.39 is 17.5 Å². The quantitative estimate of drug-likeness (QED) is 0.633. The highest BCUT2D eigenvalue weighted by Crippen LogP contribution is 2.48. The van der Waals surface area contributed by atoms with Gasteiger partial charge in [-0.25, -0.2) is 4.79 Å². The number of fused-ring (bicyclic) bond motifs is 1. The first-order valence-corrected chi connectivity index (χ1v) is 12.1. The van der Waals surface area contributed by atoms with E-state index in [0.717, 1.165) is 23.5 Å². The van der Waals surface area contributed by atoms with Crippen LogP contribution in [0.5, 0.6) is 0 Å². The molecule has 1 aliphatic carbocycles. The Morgan fingerprint density at radius 1 is 1.22 bits per heavy atom. The van der Waals surface area contributed by atoms with Crippen LogP contribution in [0.1, 0.15) is 48.2 Å². The number of hydrazine groups is 1. The number of amides is 4. The highest BCUT2D eigenvalue weighted by Gasteiger charge is 2.48. The Labute approximate surface area is 191 Å². The molecular weight excluding hydrogens is 424 g/mol. The van der Waals surface area contributed by atoms with Crippen LogP contribution in [0.3, 0.4) is 0 Å². The maximum atomic E-state index is 13.0. The van der Waals surface area contributed by atoms with Gasteiger partial charge >= 0.3 is 6.03 Å². The van der Waals surface area contributed by atoms with Crippen molar-refractivity contribution in [2.24, 2.45) is 5.92 Å². The SMILES string of the molecule is C[C@@]1(CCc2ccccc2)NC(=O)N(NC(=O)CN2CCc3sccc3[C@H]2C2CC2)C1=O. The van der Waals surface area contributed by atoms with Crippen molar-refractivity contribution in [3.05, 3.63) is 57.8 Å². The van der Waals surface area contributed by atoms with E-state index in [1.165, 1.54) is 23.3 Å². The summed E-state index contributed by atoms with van der Waals surface area (Å²) in [6.45, 7) is 2.71. The van der Waals surface area contributed by atoms with Gasteiger partial charge in [-0.2, -0.15) is 5.01 Å². The van der Waals surface area contributed by atoms with E-state index in [2.05, 4.69) is 27.1 Å². The molecule has 1 saturated carbocycles. The van der Waals surface area contributed by atoms with Gasteiger partial charge in [0.1, 0.15) is 5.54 Å². The number of aryl methyl sites for hydroxylation is 1. The van der Waals surface area contributed by atoms with Crippen molar-refractivity contribution >= 4 is 29.2 Å². The normalized spacial score (nSPS) is 25.5. The predicted molar refractivity (Wildman–Crippen MR) is 122 cm³/mol.